The molecule has 7 nitrogen and oxygen atoms in total. The molecule has 1 aliphatic heterocycles. The number of nitrogens with one attached hydrogen (secondary N) is 1. The molecule has 2 aromatic carbocycles. The summed E-state index contributed by atoms with van der Waals surface area (Å²) in [5, 5.41) is 2.88. The van der Waals surface area contributed by atoms with Gasteiger partial charge in [0.1, 0.15) is 5.57 Å². The van der Waals surface area contributed by atoms with E-state index < -0.39 is 11.8 Å². The largest absolute Gasteiger partial charge is 0.462 e. The standard InChI is InChI=1S/C26H22ClN3O4S/c1-4-34-25(33)17-9-11-19(12-10-17)29-15(2)13-18(16(29)3)14-20-23(31)28-26(35)30(24(20)32)22-8-6-5-7-21(22)27/h5-14H,4H2,1-3H3,(H,28,31,35)/b20-14+. The van der Waals surface area contributed by atoms with Crippen LogP contribution in [0.1, 0.15) is 34.2 Å². The maximum Gasteiger partial charge on any atom is 0.338 e. The third-order valence-electron chi connectivity index (χ3n) is 5.60. The number of aryl methyl sites for hydroxylation is 1. The first-order valence-electron chi connectivity index (χ1n) is 10.9. The second-order valence-corrected chi connectivity index (χ2v) is 8.63. The van der Waals surface area contributed by atoms with Gasteiger partial charge in [0, 0.05) is 17.1 Å². The number of hydrogen-bond donors (Lipinski definition) is 1. The third-order valence-corrected chi connectivity index (χ3v) is 6.21. The van der Waals surface area contributed by atoms with Crippen molar-refractivity contribution in [1.82, 2.24) is 9.88 Å². The minimum absolute atomic E-state index is 0.0302. The molecule has 0 spiro atoms. The van der Waals surface area contributed by atoms with Crippen molar-refractivity contribution in [1.29, 1.82) is 0 Å². The van der Waals surface area contributed by atoms with Crippen molar-refractivity contribution in [3.63, 3.8) is 0 Å². The van der Waals surface area contributed by atoms with E-state index in [2.05, 4.69) is 5.32 Å². The Balaban J connectivity index is 1.71. The van der Waals surface area contributed by atoms with Crippen LogP contribution >= 0.6 is 23.8 Å². The normalized spacial score (nSPS) is 14.9. The molecule has 4 rings (SSSR count). The molecule has 1 N–H and O–H groups in total. The number of carbonyl (C=O) groups excluding carboxylic acids is 3. The zero-order valence-corrected chi connectivity index (χ0v) is 20.9. The predicted molar refractivity (Wildman–Crippen MR) is 139 cm³/mol. The van der Waals surface area contributed by atoms with E-state index in [1.807, 2.05) is 36.6 Å². The molecule has 1 aliphatic rings. The summed E-state index contributed by atoms with van der Waals surface area (Å²) in [6, 6.07) is 15.7. The summed E-state index contributed by atoms with van der Waals surface area (Å²) < 4.78 is 7.02. The number of hydrogen-bond acceptors (Lipinski definition) is 5. The highest BCUT2D eigenvalue weighted by molar-refractivity contribution is 7.80. The Hall–Kier alpha value is -3.75. The fourth-order valence-electron chi connectivity index (χ4n) is 3.96. The van der Waals surface area contributed by atoms with E-state index in [1.165, 1.54) is 4.90 Å². The van der Waals surface area contributed by atoms with E-state index in [9.17, 15) is 14.4 Å². The van der Waals surface area contributed by atoms with Crippen molar-refractivity contribution in [3.05, 3.63) is 87.7 Å². The number of nitrogens with zero attached hydrogens (tertiary/aromatic N) is 2. The van der Waals surface area contributed by atoms with Crippen molar-refractivity contribution >= 4 is 58.5 Å². The molecule has 0 atom stereocenters. The summed E-state index contributed by atoms with van der Waals surface area (Å²) in [7, 11) is 0. The SMILES string of the molecule is CCOC(=O)c1ccc(-n2c(C)cc(/C=C3\C(=O)NC(=S)N(c4ccccc4Cl)C3=O)c2C)cc1. The topological polar surface area (TPSA) is 80.6 Å². The first kappa shape index (κ1) is 24.4. The highest BCUT2D eigenvalue weighted by Gasteiger charge is 2.35. The molecule has 0 radical (unpaired) electrons. The van der Waals surface area contributed by atoms with E-state index in [1.54, 1.807) is 49.4 Å². The van der Waals surface area contributed by atoms with Gasteiger partial charge in [0.15, 0.2) is 5.11 Å². The van der Waals surface area contributed by atoms with Crippen molar-refractivity contribution in [2.24, 2.45) is 0 Å². The van der Waals surface area contributed by atoms with Crippen LogP contribution in [0, 0.1) is 13.8 Å². The second-order valence-electron chi connectivity index (χ2n) is 7.84. The highest BCUT2D eigenvalue weighted by atomic mass is 35.5. The van der Waals surface area contributed by atoms with Crippen molar-refractivity contribution in [2.45, 2.75) is 20.8 Å². The number of benzene rings is 2. The van der Waals surface area contributed by atoms with Crippen LogP contribution in [0.25, 0.3) is 11.8 Å². The number of carbonyl (C=O) groups is 3. The highest BCUT2D eigenvalue weighted by Crippen LogP contribution is 2.30. The van der Waals surface area contributed by atoms with Crippen LogP contribution in [-0.2, 0) is 14.3 Å². The summed E-state index contributed by atoms with van der Waals surface area (Å²) in [4.78, 5) is 39.2. The van der Waals surface area contributed by atoms with Crippen molar-refractivity contribution in [2.75, 3.05) is 11.5 Å². The zero-order chi connectivity index (χ0) is 25.3. The Labute approximate surface area is 212 Å². The fraction of sp³-hybridized carbons (Fsp3) is 0.154. The molecule has 0 unspecified atom stereocenters. The van der Waals surface area contributed by atoms with E-state index in [0.717, 1.165) is 17.1 Å². The van der Waals surface area contributed by atoms with Gasteiger partial charge in [0.25, 0.3) is 11.8 Å². The lowest BCUT2D eigenvalue weighted by Crippen LogP contribution is -2.54. The average Bonchev–Trinajstić information content (AvgIpc) is 3.10. The Kier molecular flexibility index (Phi) is 6.86. The Morgan fingerprint density at radius 1 is 1.11 bits per heavy atom. The van der Waals surface area contributed by atoms with Crippen molar-refractivity contribution in [3.8, 4) is 5.69 Å². The quantitative estimate of drug-likeness (QED) is 0.233. The average molecular weight is 508 g/mol. The Bertz CT molecular complexity index is 1390. The predicted octanol–water partition coefficient (Wildman–Crippen LogP) is 4.76. The van der Waals surface area contributed by atoms with E-state index >= 15 is 0 Å². The molecule has 35 heavy (non-hydrogen) atoms. The minimum Gasteiger partial charge on any atom is -0.462 e. The molecule has 1 saturated heterocycles. The maximum atomic E-state index is 13.3. The molecule has 2 amide bonds. The number of esters is 1. The molecule has 1 fully saturated rings. The maximum absolute atomic E-state index is 13.3. The van der Waals surface area contributed by atoms with Crippen LogP contribution in [0.15, 0.2) is 60.2 Å². The van der Waals surface area contributed by atoms with Crippen LogP contribution in [0.2, 0.25) is 5.02 Å². The van der Waals surface area contributed by atoms with Crippen LogP contribution in [-0.4, -0.2) is 34.1 Å². The van der Waals surface area contributed by atoms with Gasteiger partial charge in [0.05, 0.1) is 22.9 Å². The minimum atomic E-state index is -0.577. The molecular formula is C26H22ClN3O4S. The van der Waals surface area contributed by atoms with Crippen molar-refractivity contribution < 1.29 is 19.1 Å². The van der Waals surface area contributed by atoms with Crippen LogP contribution < -0.4 is 10.2 Å². The number of anilines is 1. The van der Waals surface area contributed by atoms with Gasteiger partial charge in [-0.3, -0.25) is 19.8 Å². The zero-order valence-electron chi connectivity index (χ0n) is 19.3. The van der Waals surface area contributed by atoms with Gasteiger partial charge in [-0.05, 0) is 87.1 Å². The summed E-state index contributed by atoms with van der Waals surface area (Å²) in [6.45, 7) is 5.87. The Morgan fingerprint density at radius 3 is 2.46 bits per heavy atom. The monoisotopic (exact) mass is 507 g/mol. The second kappa shape index (κ2) is 9.85. The fourth-order valence-corrected chi connectivity index (χ4v) is 4.45. The summed E-state index contributed by atoms with van der Waals surface area (Å²) >= 11 is 11.5. The first-order valence-corrected chi connectivity index (χ1v) is 11.6. The first-order chi connectivity index (χ1) is 16.7. The molecular weight excluding hydrogens is 486 g/mol. The summed E-state index contributed by atoms with van der Waals surface area (Å²) in [6.07, 6.45) is 1.55. The number of ether oxygens (including phenoxy) is 1. The summed E-state index contributed by atoms with van der Waals surface area (Å²) in [5.74, 6) is -1.52. The van der Waals surface area contributed by atoms with E-state index in [0.29, 0.717) is 28.4 Å². The van der Waals surface area contributed by atoms with Gasteiger partial charge in [-0.15, -0.1) is 0 Å². The van der Waals surface area contributed by atoms with Gasteiger partial charge in [-0.1, -0.05) is 23.7 Å². The molecule has 0 bridgehead atoms. The van der Waals surface area contributed by atoms with Gasteiger partial charge in [0.2, 0.25) is 0 Å². The molecule has 178 valence electrons. The molecule has 9 heteroatoms. The number of para-hydroxylation sites is 1. The molecule has 2 heterocycles. The van der Waals surface area contributed by atoms with E-state index in [4.69, 9.17) is 28.6 Å². The third kappa shape index (κ3) is 4.62. The number of thiocarbonyl (C=S) groups is 1. The Morgan fingerprint density at radius 2 is 1.80 bits per heavy atom. The number of rotatable bonds is 5. The number of aromatic nitrogens is 1. The van der Waals surface area contributed by atoms with Crippen LogP contribution in [0.4, 0.5) is 5.69 Å². The van der Waals surface area contributed by atoms with Crippen LogP contribution in [0.3, 0.4) is 0 Å². The molecule has 0 saturated carbocycles. The molecule has 0 aliphatic carbocycles. The van der Waals surface area contributed by atoms with Gasteiger partial charge < -0.3 is 9.30 Å². The van der Waals surface area contributed by atoms with Gasteiger partial charge >= 0.3 is 5.97 Å². The molecule has 3 aromatic rings. The number of amides is 2. The number of halogens is 1. The van der Waals surface area contributed by atoms with Crippen LogP contribution in [0.5, 0.6) is 0 Å². The lowest BCUT2D eigenvalue weighted by Gasteiger charge is -2.29. The lowest BCUT2D eigenvalue weighted by molar-refractivity contribution is -0.122. The van der Waals surface area contributed by atoms with Gasteiger partial charge in [-0.25, -0.2) is 4.79 Å². The van der Waals surface area contributed by atoms with Gasteiger partial charge in [-0.2, -0.15) is 0 Å². The lowest BCUT2D eigenvalue weighted by atomic mass is 10.1. The molecule has 1 aromatic heterocycles. The summed E-state index contributed by atoms with van der Waals surface area (Å²) in [5.41, 5.74) is 4.02. The van der Waals surface area contributed by atoms with E-state index in [-0.39, 0.29) is 16.7 Å². The smallest absolute Gasteiger partial charge is 0.338 e.